The molecule has 4 N–H and O–H groups in total. The molecule has 2 aromatic heterocycles. The third-order valence-corrected chi connectivity index (χ3v) is 3.76. The van der Waals surface area contributed by atoms with Crippen LogP contribution in [0.2, 0.25) is 0 Å². The standard InChI is InChI=1S/C14H15N5OS/c1-20-8-9-3-2-4-10(7-9)16-12-11-5-6-21-13(11)18-14(17-12)19-15/h2-7H,8,15H2,1H3,(H2,16,17,18,19). The van der Waals surface area contributed by atoms with Crippen LogP contribution < -0.4 is 16.6 Å². The van der Waals surface area contributed by atoms with Gasteiger partial charge >= 0.3 is 0 Å². The number of rotatable bonds is 5. The Morgan fingerprint density at radius 2 is 2.19 bits per heavy atom. The largest absolute Gasteiger partial charge is 0.380 e. The number of methoxy groups -OCH3 is 1. The molecule has 0 saturated heterocycles. The molecule has 0 aliphatic heterocycles. The van der Waals surface area contributed by atoms with Crippen molar-refractivity contribution in [2.75, 3.05) is 17.9 Å². The van der Waals surface area contributed by atoms with Gasteiger partial charge in [0.25, 0.3) is 0 Å². The van der Waals surface area contributed by atoms with Crippen LogP contribution in [-0.4, -0.2) is 17.1 Å². The van der Waals surface area contributed by atoms with Crippen molar-refractivity contribution in [3.8, 4) is 0 Å². The summed E-state index contributed by atoms with van der Waals surface area (Å²) >= 11 is 1.55. The Labute approximate surface area is 126 Å². The van der Waals surface area contributed by atoms with E-state index < -0.39 is 0 Å². The van der Waals surface area contributed by atoms with Crippen molar-refractivity contribution in [3.05, 3.63) is 41.3 Å². The van der Waals surface area contributed by atoms with Gasteiger partial charge in [0.1, 0.15) is 10.6 Å². The Morgan fingerprint density at radius 3 is 3.00 bits per heavy atom. The van der Waals surface area contributed by atoms with Gasteiger partial charge in [-0.15, -0.1) is 11.3 Å². The highest BCUT2D eigenvalue weighted by molar-refractivity contribution is 7.16. The van der Waals surface area contributed by atoms with E-state index in [0.29, 0.717) is 12.6 Å². The molecule has 0 aliphatic rings. The van der Waals surface area contributed by atoms with E-state index in [2.05, 4.69) is 20.7 Å². The Bertz CT molecular complexity index is 758. The van der Waals surface area contributed by atoms with E-state index in [0.717, 1.165) is 27.3 Å². The van der Waals surface area contributed by atoms with Crippen LogP contribution in [0.15, 0.2) is 35.7 Å². The minimum absolute atomic E-state index is 0.389. The molecule has 0 unspecified atom stereocenters. The Balaban J connectivity index is 1.97. The molecule has 2 heterocycles. The first kappa shape index (κ1) is 13.7. The Hall–Kier alpha value is -2.22. The number of aromatic nitrogens is 2. The lowest BCUT2D eigenvalue weighted by Crippen LogP contribution is -2.11. The number of hydrogen-bond acceptors (Lipinski definition) is 7. The van der Waals surface area contributed by atoms with Gasteiger partial charge in [-0.25, -0.2) is 10.8 Å². The van der Waals surface area contributed by atoms with Gasteiger partial charge in [0.15, 0.2) is 0 Å². The molecule has 0 spiro atoms. The number of nitrogens with two attached hydrogens (primary N) is 1. The van der Waals surface area contributed by atoms with Gasteiger partial charge < -0.3 is 10.1 Å². The predicted octanol–water partition coefficient (Wildman–Crippen LogP) is 2.87. The summed E-state index contributed by atoms with van der Waals surface area (Å²) in [6.45, 7) is 0.572. The van der Waals surface area contributed by atoms with Gasteiger partial charge in [0.2, 0.25) is 5.95 Å². The van der Waals surface area contributed by atoms with E-state index in [-0.39, 0.29) is 0 Å². The fourth-order valence-electron chi connectivity index (χ4n) is 2.06. The first-order valence-corrected chi connectivity index (χ1v) is 7.25. The summed E-state index contributed by atoms with van der Waals surface area (Å²) in [4.78, 5) is 9.58. The Kier molecular flexibility index (Phi) is 3.96. The van der Waals surface area contributed by atoms with E-state index >= 15 is 0 Å². The second-order valence-corrected chi connectivity index (χ2v) is 5.33. The van der Waals surface area contributed by atoms with Gasteiger partial charge in [0.05, 0.1) is 12.0 Å². The quantitative estimate of drug-likeness (QED) is 0.496. The van der Waals surface area contributed by atoms with Crippen molar-refractivity contribution in [1.29, 1.82) is 0 Å². The molecule has 21 heavy (non-hydrogen) atoms. The average molecular weight is 301 g/mol. The van der Waals surface area contributed by atoms with Crippen molar-refractivity contribution in [2.24, 2.45) is 5.84 Å². The SMILES string of the molecule is COCc1cccc(Nc2nc(NN)nc3sccc23)c1. The lowest BCUT2D eigenvalue weighted by molar-refractivity contribution is 0.185. The maximum absolute atomic E-state index is 5.42. The van der Waals surface area contributed by atoms with Crippen LogP contribution in [0.3, 0.4) is 0 Å². The van der Waals surface area contributed by atoms with Gasteiger partial charge in [-0.1, -0.05) is 12.1 Å². The number of nitrogens with zero attached hydrogens (tertiary/aromatic N) is 2. The molecule has 1 aromatic carbocycles. The van der Waals surface area contributed by atoms with Crippen molar-refractivity contribution in [2.45, 2.75) is 6.61 Å². The third-order valence-electron chi connectivity index (χ3n) is 2.95. The topological polar surface area (TPSA) is 85.1 Å². The van der Waals surface area contributed by atoms with Crippen LogP contribution >= 0.6 is 11.3 Å². The minimum Gasteiger partial charge on any atom is -0.380 e. The van der Waals surface area contributed by atoms with Crippen molar-refractivity contribution >= 4 is 39.0 Å². The average Bonchev–Trinajstić information content (AvgIpc) is 2.96. The zero-order chi connectivity index (χ0) is 14.7. The van der Waals surface area contributed by atoms with Crippen LogP contribution in [0.25, 0.3) is 10.2 Å². The number of nitrogens with one attached hydrogen (secondary N) is 2. The molecule has 0 aliphatic carbocycles. The van der Waals surface area contributed by atoms with Crippen LogP contribution in [0.1, 0.15) is 5.56 Å². The predicted molar refractivity (Wildman–Crippen MR) is 85.7 cm³/mol. The van der Waals surface area contributed by atoms with Gasteiger partial charge in [0, 0.05) is 12.8 Å². The molecule has 3 rings (SSSR count). The summed E-state index contributed by atoms with van der Waals surface area (Å²) in [5.74, 6) is 6.54. The highest BCUT2D eigenvalue weighted by atomic mass is 32.1. The molecular weight excluding hydrogens is 286 g/mol. The molecule has 108 valence electrons. The lowest BCUT2D eigenvalue weighted by atomic mass is 10.2. The summed E-state index contributed by atoms with van der Waals surface area (Å²) < 4.78 is 5.15. The van der Waals surface area contributed by atoms with Crippen LogP contribution in [0, 0.1) is 0 Å². The van der Waals surface area contributed by atoms with Crippen molar-refractivity contribution in [1.82, 2.24) is 9.97 Å². The number of ether oxygens (including phenoxy) is 1. The molecule has 0 amide bonds. The zero-order valence-corrected chi connectivity index (χ0v) is 12.3. The number of benzene rings is 1. The highest BCUT2D eigenvalue weighted by Gasteiger charge is 2.09. The number of hydrogen-bond donors (Lipinski definition) is 3. The lowest BCUT2D eigenvalue weighted by Gasteiger charge is -2.09. The van der Waals surface area contributed by atoms with Crippen LogP contribution in [-0.2, 0) is 11.3 Å². The maximum Gasteiger partial charge on any atom is 0.240 e. The van der Waals surface area contributed by atoms with Crippen LogP contribution in [0.5, 0.6) is 0 Å². The van der Waals surface area contributed by atoms with Crippen molar-refractivity contribution in [3.63, 3.8) is 0 Å². The number of hydrazine groups is 1. The fraction of sp³-hybridized carbons (Fsp3) is 0.143. The number of fused-ring (bicyclic) bond motifs is 1. The second-order valence-electron chi connectivity index (χ2n) is 4.44. The van der Waals surface area contributed by atoms with Crippen LogP contribution in [0.4, 0.5) is 17.5 Å². The molecule has 7 heteroatoms. The summed E-state index contributed by atoms with van der Waals surface area (Å²) in [5, 5.41) is 6.26. The first-order chi connectivity index (χ1) is 10.3. The van der Waals surface area contributed by atoms with Gasteiger partial charge in [-0.2, -0.15) is 4.98 Å². The molecule has 0 atom stereocenters. The molecule has 0 radical (unpaired) electrons. The minimum atomic E-state index is 0.389. The fourth-order valence-corrected chi connectivity index (χ4v) is 2.82. The van der Waals surface area contributed by atoms with E-state index in [1.54, 1.807) is 18.4 Å². The summed E-state index contributed by atoms with van der Waals surface area (Å²) in [7, 11) is 1.68. The summed E-state index contributed by atoms with van der Waals surface area (Å²) in [6, 6.07) is 9.99. The smallest absolute Gasteiger partial charge is 0.240 e. The third kappa shape index (κ3) is 2.94. The maximum atomic E-state index is 5.42. The van der Waals surface area contributed by atoms with E-state index in [1.165, 1.54) is 0 Å². The summed E-state index contributed by atoms with van der Waals surface area (Å²) in [6.07, 6.45) is 0. The van der Waals surface area contributed by atoms with E-state index in [4.69, 9.17) is 10.6 Å². The van der Waals surface area contributed by atoms with Gasteiger partial charge in [-0.05, 0) is 29.1 Å². The highest BCUT2D eigenvalue weighted by Crippen LogP contribution is 2.28. The zero-order valence-electron chi connectivity index (χ0n) is 11.5. The van der Waals surface area contributed by atoms with E-state index in [1.807, 2.05) is 35.7 Å². The molecule has 6 nitrogen and oxygen atoms in total. The first-order valence-electron chi connectivity index (χ1n) is 6.37. The molecule has 0 fully saturated rings. The van der Waals surface area contributed by atoms with E-state index in [9.17, 15) is 0 Å². The summed E-state index contributed by atoms with van der Waals surface area (Å²) in [5.41, 5.74) is 4.53. The monoisotopic (exact) mass is 301 g/mol. The molecule has 3 aromatic rings. The molecule has 0 bridgehead atoms. The normalized spacial score (nSPS) is 10.8. The number of thiophene rings is 1. The van der Waals surface area contributed by atoms with Crippen molar-refractivity contribution < 1.29 is 4.74 Å². The molecular formula is C14H15N5OS. The second kappa shape index (κ2) is 6.04. The number of anilines is 3. The molecule has 0 saturated carbocycles. The number of nitrogen functional groups attached to an aromatic ring is 1. The Morgan fingerprint density at radius 1 is 1.29 bits per heavy atom. The van der Waals surface area contributed by atoms with Gasteiger partial charge in [-0.3, -0.25) is 5.43 Å².